The van der Waals surface area contributed by atoms with E-state index in [-0.39, 0.29) is 18.3 Å². The molecule has 1 amide bonds. The normalized spacial score (nSPS) is 10.8. The van der Waals surface area contributed by atoms with E-state index in [1.165, 1.54) is 6.07 Å². The molecule has 2 N–H and O–H groups in total. The Hall–Kier alpha value is -2.33. The molecule has 3 rings (SSSR count). The summed E-state index contributed by atoms with van der Waals surface area (Å²) >= 11 is 5.95. The van der Waals surface area contributed by atoms with Crippen LogP contribution in [0.1, 0.15) is 15.9 Å². The lowest BCUT2D eigenvalue weighted by Crippen LogP contribution is -2.23. The number of hydrogen-bond donors (Lipinski definition) is 2. The van der Waals surface area contributed by atoms with Crippen LogP contribution in [0.15, 0.2) is 48.7 Å². The summed E-state index contributed by atoms with van der Waals surface area (Å²) in [4.78, 5) is 15.2. The van der Waals surface area contributed by atoms with Crippen LogP contribution in [0.3, 0.4) is 0 Å². The van der Waals surface area contributed by atoms with Crippen LogP contribution >= 0.6 is 11.6 Å². The second kappa shape index (κ2) is 5.58. The molecule has 0 fully saturated rings. The standard InChI is InChI=1S/C16H12ClFN2O/c17-11-5-6-15-12(7-11)13(9-19-15)16(21)20-8-10-3-1-2-4-14(10)18/h1-7,9,19H,8H2,(H,20,21). The summed E-state index contributed by atoms with van der Waals surface area (Å²) in [7, 11) is 0. The van der Waals surface area contributed by atoms with E-state index >= 15 is 0 Å². The van der Waals surface area contributed by atoms with E-state index in [1.54, 1.807) is 36.5 Å². The number of aromatic nitrogens is 1. The second-order valence-corrected chi connectivity index (χ2v) is 5.10. The Kier molecular flexibility index (Phi) is 3.62. The van der Waals surface area contributed by atoms with Gasteiger partial charge in [-0.3, -0.25) is 4.79 Å². The van der Waals surface area contributed by atoms with Gasteiger partial charge in [-0.2, -0.15) is 0 Å². The Morgan fingerprint density at radius 1 is 1.24 bits per heavy atom. The van der Waals surface area contributed by atoms with Crippen molar-refractivity contribution in [2.24, 2.45) is 0 Å². The number of fused-ring (bicyclic) bond motifs is 1. The molecule has 0 spiro atoms. The summed E-state index contributed by atoms with van der Waals surface area (Å²) in [5.74, 6) is -0.605. The number of hydrogen-bond acceptors (Lipinski definition) is 1. The van der Waals surface area contributed by atoms with Crippen molar-refractivity contribution in [2.75, 3.05) is 0 Å². The Balaban J connectivity index is 1.81. The van der Waals surface area contributed by atoms with Gasteiger partial charge in [0.15, 0.2) is 0 Å². The third kappa shape index (κ3) is 2.76. The summed E-state index contributed by atoms with van der Waals surface area (Å²) in [5, 5.41) is 4.02. The molecular formula is C16H12ClFN2O. The second-order valence-electron chi connectivity index (χ2n) is 4.67. The zero-order chi connectivity index (χ0) is 14.8. The topological polar surface area (TPSA) is 44.9 Å². The first-order valence-electron chi connectivity index (χ1n) is 6.43. The quantitative estimate of drug-likeness (QED) is 0.757. The Morgan fingerprint density at radius 2 is 2.05 bits per heavy atom. The van der Waals surface area contributed by atoms with Gasteiger partial charge in [0.2, 0.25) is 0 Å². The predicted molar refractivity (Wildman–Crippen MR) is 80.9 cm³/mol. The largest absolute Gasteiger partial charge is 0.360 e. The van der Waals surface area contributed by atoms with Crippen LogP contribution in [0.2, 0.25) is 5.02 Å². The molecule has 0 unspecified atom stereocenters. The van der Waals surface area contributed by atoms with Crippen LogP contribution in [-0.2, 0) is 6.54 Å². The third-order valence-corrected chi connectivity index (χ3v) is 3.52. The highest BCUT2D eigenvalue weighted by atomic mass is 35.5. The van der Waals surface area contributed by atoms with Gasteiger partial charge in [0.1, 0.15) is 5.82 Å². The van der Waals surface area contributed by atoms with Crippen LogP contribution < -0.4 is 5.32 Å². The molecule has 0 saturated carbocycles. The van der Waals surface area contributed by atoms with Gasteiger partial charge in [0.25, 0.3) is 5.91 Å². The molecule has 5 heteroatoms. The maximum absolute atomic E-state index is 13.5. The highest BCUT2D eigenvalue weighted by Crippen LogP contribution is 2.22. The summed E-state index contributed by atoms with van der Waals surface area (Å²) in [6, 6.07) is 11.6. The molecule has 3 aromatic rings. The number of carbonyl (C=O) groups is 1. The maximum atomic E-state index is 13.5. The lowest BCUT2D eigenvalue weighted by Gasteiger charge is -2.05. The molecule has 3 nitrogen and oxygen atoms in total. The molecule has 1 aromatic heterocycles. The van der Waals surface area contributed by atoms with E-state index in [9.17, 15) is 9.18 Å². The van der Waals surface area contributed by atoms with E-state index in [4.69, 9.17) is 11.6 Å². The Morgan fingerprint density at radius 3 is 2.86 bits per heavy atom. The van der Waals surface area contributed by atoms with Crippen molar-refractivity contribution in [2.45, 2.75) is 6.54 Å². The van der Waals surface area contributed by atoms with Gasteiger partial charge in [-0.15, -0.1) is 0 Å². The third-order valence-electron chi connectivity index (χ3n) is 3.29. The average molecular weight is 303 g/mol. The molecule has 2 aromatic carbocycles. The number of halogens is 2. The summed E-state index contributed by atoms with van der Waals surface area (Å²) in [6.07, 6.45) is 1.62. The van der Waals surface area contributed by atoms with Crippen LogP contribution in [0, 0.1) is 5.82 Å². The zero-order valence-corrected chi connectivity index (χ0v) is 11.7. The first kappa shape index (κ1) is 13.6. The van der Waals surface area contributed by atoms with Crippen molar-refractivity contribution in [3.05, 3.63) is 70.6 Å². The lowest BCUT2D eigenvalue weighted by atomic mass is 10.1. The molecule has 0 aliphatic carbocycles. The van der Waals surface area contributed by atoms with Gasteiger partial charge in [-0.25, -0.2) is 4.39 Å². The van der Waals surface area contributed by atoms with Crippen molar-refractivity contribution < 1.29 is 9.18 Å². The smallest absolute Gasteiger partial charge is 0.253 e. The van der Waals surface area contributed by atoms with Crippen LogP contribution in [-0.4, -0.2) is 10.9 Å². The SMILES string of the molecule is O=C(NCc1ccccc1F)c1c[nH]c2ccc(Cl)cc12. The van der Waals surface area contributed by atoms with Crippen LogP contribution in [0.25, 0.3) is 10.9 Å². The monoisotopic (exact) mass is 302 g/mol. The fraction of sp³-hybridized carbons (Fsp3) is 0.0625. The van der Waals surface area contributed by atoms with Crippen molar-refractivity contribution in [3.63, 3.8) is 0 Å². The minimum absolute atomic E-state index is 0.138. The molecule has 0 bridgehead atoms. The summed E-state index contributed by atoms with van der Waals surface area (Å²) in [5.41, 5.74) is 1.77. The number of nitrogens with one attached hydrogen (secondary N) is 2. The number of aromatic amines is 1. The van der Waals surface area contributed by atoms with Gasteiger partial charge in [-0.05, 0) is 24.3 Å². The number of rotatable bonds is 3. The number of H-pyrrole nitrogens is 1. The first-order valence-corrected chi connectivity index (χ1v) is 6.81. The van der Waals surface area contributed by atoms with Gasteiger partial charge in [-0.1, -0.05) is 29.8 Å². The average Bonchev–Trinajstić information content (AvgIpc) is 2.89. The molecule has 0 atom stereocenters. The van der Waals surface area contributed by atoms with Gasteiger partial charge in [0, 0.05) is 34.2 Å². The van der Waals surface area contributed by atoms with E-state index < -0.39 is 0 Å². The first-order chi connectivity index (χ1) is 10.1. The maximum Gasteiger partial charge on any atom is 0.253 e. The highest BCUT2D eigenvalue weighted by Gasteiger charge is 2.12. The van der Waals surface area contributed by atoms with Crippen molar-refractivity contribution in [1.29, 1.82) is 0 Å². The molecular weight excluding hydrogens is 291 g/mol. The summed E-state index contributed by atoms with van der Waals surface area (Å²) < 4.78 is 13.5. The fourth-order valence-electron chi connectivity index (χ4n) is 2.19. The van der Waals surface area contributed by atoms with Crippen molar-refractivity contribution in [1.82, 2.24) is 10.3 Å². The van der Waals surface area contributed by atoms with E-state index in [1.807, 2.05) is 6.07 Å². The van der Waals surface area contributed by atoms with Crippen LogP contribution in [0.5, 0.6) is 0 Å². The minimum Gasteiger partial charge on any atom is -0.360 e. The lowest BCUT2D eigenvalue weighted by molar-refractivity contribution is 0.0952. The molecule has 0 aliphatic heterocycles. The van der Waals surface area contributed by atoms with E-state index in [0.29, 0.717) is 16.1 Å². The van der Waals surface area contributed by atoms with Gasteiger partial charge < -0.3 is 10.3 Å². The van der Waals surface area contributed by atoms with Crippen molar-refractivity contribution in [3.8, 4) is 0 Å². The summed E-state index contributed by atoms with van der Waals surface area (Å²) in [6.45, 7) is 0.138. The predicted octanol–water partition coefficient (Wildman–Crippen LogP) is 3.89. The Bertz CT molecular complexity index is 813. The van der Waals surface area contributed by atoms with Gasteiger partial charge in [0.05, 0.1) is 5.56 Å². The molecule has 1 heterocycles. The minimum atomic E-state index is -0.334. The van der Waals surface area contributed by atoms with E-state index in [0.717, 1.165) is 10.9 Å². The number of amides is 1. The van der Waals surface area contributed by atoms with Crippen LogP contribution in [0.4, 0.5) is 4.39 Å². The fourth-order valence-corrected chi connectivity index (χ4v) is 2.37. The molecule has 0 radical (unpaired) electrons. The number of benzene rings is 2. The van der Waals surface area contributed by atoms with Gasteiger partial charge >= 0.3 is 0 Å². The zero-order valence-electron chi connectivity index (χ0n) is 11.0. The molecule has 106 valence electrons. The molecule has 0 aliphatic rings. The highest BCUT2D eigenvalue weighted by molar-refractivity contribution is 6.31. The molecule has 0 saturated heterocycles. The molecule has 21 heavy (non-hydrogen) atoms. The number of carbonyl (C=O) groups excluding carboxylic acids is 1. The Labute approximate surface area is 125 Å². The van der Waals surface area contributed by atoms with E-state index in [2.05, 4.69) is 10.3 Å². The van der Waals surface area contributed by atoms with Crippen molar-refractivity contribution >= 4 is 28.4 Å².